The molecule has 0 saturated carbocycles. The van der Waals surface area contributed by atoms with Gasteiger partial charge in [0.25, 0.3) is 0 Å². The van der Waals surface area contributed by atoms with E-state index in [1.165, 1.54) is 55.3 Å². The Morgan fingerprint density at radius 1 is 0.649 bits per heavy atom. The van der Waals surface area contributed by atoms with Crippen molar-refractivity contribution in [1.82, 2.24) is 4.57 Å². The summed E-state index contributed by atoms with van der Waals surface area (Å²) in [5.74, 6) is 0.406. The van der Waals surface area contributed by atoms with Crippen LogP contribution >= 0.6 is 15.9 Å². The van der Waals surface area contributed by atoms with Crippen LogP contribution in [0.4, 0.5) is 0 Å². The smallest absolute Gasteiger partial charge is 0.0585 e. The van der Waals surface area contributed by atoms with Crippen molar-refractivity contribution < 1.29 is 0 Å². The van der Waals surface area contributed by atoms with Crippen molar-refractivity contribution in [3.8, 4) is 16.8 Å². The Kier molecular flexibility index (Phi) is 5.56. The van der Waals surface area contributed by atoms with Crippen molar-refractivity contribution in [3.63, 3.8) is 0 Å². The summed E-state index contributed by atoms with van der Waals surface area (Å²) in [5, 5.41) is 2.64. The van der Waals surface area contributed by atoms with Crippen LogP contribution in [-0.4, -0.2) is 4.57 Å². The minimum absolute atomic E-state index is 0.406. The molecule has 178 valence electrons. The van der Waals surface area contributed by atoms with Gasteiger partial charge in [0.1, 0.15) is 0 Å². The lowest BCUT2D eigenvalue weighted by Gasteiger charge is -2.16. The van der Waals surface area contributed by atoms with Crippen LogP contribution in [0.15, 0.2) is 126 Å². The fourth-order valence-corrected chi connectivity index (χ4v) is 6.13. The molecule has 0 saturated heterocycles. The van der Waals surface area contributed by atoms with E-state index in [9.17, 15) is 0 Å². The van der Waals surface area contributed by atoms with Crippen LogP contribution in [0.25, 0.3) is 44.7 Å². The van der Waals surface area contributed by atoms with Crippen LogP contribution in [0, 0.1) is 0 Å². The van der Waals surface area contributed by atoms with Gasteiger partial charge in [-0.3, -0.25) is 0 Å². The Hall–Kier alpha value is -3.88. The minimum atomic E-state index is 0.406. The molecule has 5 aromatic carbocycles. The zero-order valence-electron chi connectivity index (χ0n) is 20.4. The lowest BCUT2D eigenvalue weighted by atomic mass is 9.92. The van der Waals surface area contributed by atoms with E-state index >= 15 is 0 Å². The highest BCUT2D eigenvalue weighted by Gasteiger charge is 2.24. The largest absolute Gasteiger partial charge is 0.309 e. The molecular formula is C35H26BrN. The van der Waals surface area contributed by atoms with Crippen LogP contribution in [0.2, 0.25) is 0 Å². The fraction of sp³-hybridized carbons (Fsp3) is 0.0857. The highest BCUT2D eigenvalue weighted by Crippen LogP contribution is 2.43. The molecule has 1 atom stereocenters. The van der Waals surface area contributed by atoms with E-state index in [-0.39, 0.29) is 0 Å². The van der Waals surface area contributed by atoms with Crippen LogP contribution in [0.5, 0.6) is 0 Å². The molecule has 6 aromatic rings. The summed E-state index contributed by atoms with van der Waals surface area (Å²) in [6, 6.07) is 41.8. The SMILES string of the molecule is Brc1ccc(-c2ccc(-n3c4ccccc4c4ccc5c(c43)C(CCc3ccccc3)C=C5)cc2)cc1. The second-order valence-corrected chi connectivity index (χ2v) is 10.8. The Bertz CT molecular complexity index is 1760. The van der Waals surface area contributed by atoms with Crippen molar-refractivity contribution >= 4 is 43.8 Å². The van der Waals surface area contributed by atoms with E-state index in [0.29, 0.717) is 5.92 Å². The summed E-state index contributed by atoms with van der Waals surface area (Å²) < 4.78 is 3.58. The number of allylic oxidation sites excluding steroid dienone is 1. The van der Waals surface area contributed by atoms with Crippen molar-refractivity contribution in [2.24, 2.45) is 0 Å². The molecule has 0 fully saturated rings. The topological polar surface area (TPSA) is 4.93 Å². The quantitative estimate of drug-likeness (QED) is 0.205. The van der Waals surface area contributed by atoms with Gasteiger partial charge in [-0.25, -0.2) is 0 Å². The lowest BCUT2D eigenvalue weighted by molar-refractivity contribution is 0.747. The number of benzene rings is 5. The molecule has 2 heteroatoms. The standard InChI is InChI=1S/C35H26BrN/c36-29-19-14-25(15-20-29)26-16-21-30(22-17-26)37-33-9-5-4-8-31(33)32-23-18-28-13-12-27(34(28)35(32)37)11-10-24-6-2-1-3-7-24/h1-9,12-23,27H,10-11H2. The van der Waals surface area contributed by atoms with Crippen molar-refractivity contribution in [1.29, 1.82) is 0 Å². The normalized spacial score (nSPS) is 14.5. The molecule has 37 heavy (non-hydrogen) atoms. The number of fused-ring (bicyclic) bond motifs is 5. The second kappa shape index (κ2) is 9.21. The highest BCUT2D eigenvalue weighted by atomic mass is 79.9. The average molecular weight is 541 g/mol. The number of halogens is 1. The zero-order chi connectivity index (χ0) is 24.8. The molecule has 1 heterocycles. The van der Waals surface area contributed by atoms with Gasteiger partial charge in [0.15, 0.2) is 0 Å². The summed E-state index contributed by atoms with van der Waals surface area (Å²) in [6.07, 6.45) is 6.92. The number of hydrogen-bond acceptors (Lipinski definition) is 0. The third-order valence-corrected chi connectivity index (χ3v) is 8.21. The van der Waals surface area contributed by atoms with Gasteiger partial charge >= 0.3 is 0 Å². The third-order valence-electron chi connectivity index (χ3n) is 7.68. The van der Waals surface area contributed by atoms with E-state index < -0.39 is 0 Å². The molecule has 0 bridgehead atoms. The summed E-state index contributed by atoms with van der Waals surface area (Å²) in [6.45, 7) is 0. The molecular weight excluding hydrogens is 514 g/mol. The van der Waals surface area contributed by atoms with Gasteiger partial charge in [-0.2, -0.15) is 0 Å². The van der Waals surface area contributed by atoms with Gasteiger partial charge < -0.3 is 4.57 Å². The van der Waals surface area contributed by atoms with Crippen LogP contribution in [0.1, 0.15) is 29.0 Å². The van der Waals surface area contributed by atoms with Gasteiger partial charge in [-0.1, -0.05) is 113 Å². The Labute approximate surface area is 225 Å². The molecule has 1 nitrogen and oxygen atoms in total. The first-order valence-electron chi connectivity index (χ1n) is 12.9. The molecule has 0 spiro atoms. The van der Waals surface area contributed by atoms with E-state index in [1.54, 1.807) is 0 Å². The van der Waals surface area contributed by atoms with E-state index in [1.807, 2.05) is 0 Å². The summed E-state index contributed by atoms with van der Waals surface area (Å²) in [5.41, 5.74) is 10.5. The molecule has 0 N–H and O–H groups in total. The summed E-state index contributed by atoms with van der Waals surface area (Å²) in [7, 11) is 0. The molecule has 1 unspecified atom stereocenters. The Balaban J connectivity index is 1.37. The first kappa shape index (κ1) is 22.3. The first-order chi connectivity index (χ1) is 18.3. The van der Waals surface area contributed by atoms with Crippen molar-refractivity contribution in [2.75, 3.05) is 0 Å². The van der Waals surface area contributed by atoms with E-state index in [4.69, 9.17) is 0 Å². The number of para-hydroxylation sites is 1. The summed E-state index contributed by atoms with van der Waals surface area (Å²) in [4.78, 5) is 0. The lowest BCUT2D eigenvalue weighted by Crippen LogP contribution is -2.02. The average Bonchev–Trinajstić information content (AvgIpc) is 3.52. The van der Waals surface area contributed by atoms with Crippen molar-refractivity contribution in [3.05, 3.63) is 143 Å². The maximum absolute atomic E-state index is 3.55. The molecule has 7 rings (SSSR count). The minimum Gasteiger partial charge on any atom is -0.309 e. The predicted octanol–water partition coefficient (Wildman–Crippen LogP) is 9.96. The molecule has 0 aliphatic heterocycles. The van der Waals surface area contributed by atoms with Crippen LogP contribution in [-0.2, 0) is 6.42 Å². The van der Waals surface area contributed by atoms with E-state index in [0.717, 1.165) is 17.3 Å². The van der Waals surface area contributed by atoms with Gasteiger partial charge in [0.2, 0.25) is 0 Å². The summed E-state index contributed by atoms with van der Waals surface area (Å²) >= 11 is 3.55. The monoisotopic (exact) mass is 539 g/mol. The van der Waals surface area contributed by atoms with E-state index in [2.05, 4.69) is 148 Å². The van der Waals surface area contributed by atoms with Crippen LogP contribution < -0.4 is 0 Å². The number of aromatic nitrogens is 1. The Morgan fingerprint density at radius 2 is 1.35 bits per heavy atom. The molecule has 0 amide bonds. The molecule has 1 aliphatic carbocycles. The Morgan fingerprint density at radius 3 is 2.14 bits per heavy atom. The van der Waals surface area contributed by atoms with Gasteiger partial charge in [0, 0.05) is 26.9 Å². The van der Waals surface area contributed by atoms with Crippen LogP contribution in [0.3, 0.4) is 0 Å². The fourth-order valence-electron chi connectivity index (χ4n) is 5.87. The van der Waals surface area contributed by atoms with Gasteiger partial charge in [-0.05, 0) is 71.0 Å². The molecule has 1 aliphatic rings. The zero-order valence-corrected chi connectivity index (χ0v) is 22.0. The maximum Gasteiger partial charge on any atom is 0.0585 e. The number of nitrogens with zero attached hydrogens (tertiary/aromatic N) is 1. The molecule has 0 radical (unpaired) electrons. The van der Waals surface area contributed by atoms with Gasteiger partial charge in [-0.15, -0.1) is 0 Å². The van der Waals surface area contributed by atoms with Gasteiger partial charge in [0.05, 0.1) is 11.0 Å². The first-order valence-corrected chi connectivity index (χ1v) is 13.7. The maximum atomic E-state index is 3.55. The molecule has 1 aromatic heterocycles. The number of hydrogen-bond donors (Lipinski definition) is 0. The predicted molar refractivity (Wildman–Crippen MR) is 160 cm³/mol. The third kappa shape index (κ3) is 3.93. The second-order valence-electron chi connectivity index (χ2n) is 9.86. The van der Waals surface area contributed by atoms with Crippen molar-refractivity contribution in [2.45, 2.75) is 18.8 Å². The number of rotatable bonds is 5. The number of aryl methyl sites for hydroxylation is 1. The highest BCUT2D eigenvalue weighted by molar-refractivity contribution is 9.10.